The quantitative estimate of drug-likeness (QED) is 0.341. The summed E-state index contributed by atoms with van der Waals surface area (Å²) in [5.41, 5.74) is 2.42. The number of halogens is 1. The van der Waals surface area contributed by atoms with E-state index in [-0.39, 0.29) is 17.9 Å². The van der Waals surface area contributed by atoms with Crippen molar-refractivity contribution >= 4 is 40.5 Å². The van der Waals surface area contributed by atoms with E-state index in [0.717, 1.165) is 23.8 Å². The van der Waals surface area contributed by atoms with Crippen LogP contribution in [-0.2, 0) is 22.6 Å². The van der Waals surface area contributed by atoms with E-state index in [1.807, 2.05) is 0 Å². The van der Waals surface area contributed by atoms with Gasteiger partial charge < -0.3 is 5.32 Å². The monoisotopic (exact) mass is 447 g/mol. The highest BCUT2D eigenvalue weighted by Crippen LogP contribution is 2.25. The number of nitrogens with zero attached hydrogens (tertiary/aromatic N) is 3. The molecule has 2 N–H and O–H groups in total. The first kappa shape index (κ1) is 23.4. The molecule has 0 spiro atoms. The second kappa shape index (κ2) is 10.8. The van der Waals surface area contributed by atoms with Gasteiger partial charge in [0.05, 0.1) is 28.8 Å². The van der Waals surface area contributed by atoms with Gasteiger partial charge in [-0.05, 0) is 30.7 Å². The van der Waals surface area contributed by atoms with Gasteiger partial charge in [0.25, 0.3) is 11.4 Å². The maximum Gasteiger partial charge on any atom is 0.279 e. The Hall–Kier alpha value is -3.86. The zero-order valence-corrected chi connectivity index (χ0v) is 17.1. The molecule has 12 heteroatoms. The number of nitro groups is 2. The number of rotatable bonds is 9. The number of hydrogen-bond acceptors (Lipinski definition) is 7. The van der Waals surface area contributed by atoms with Crippen molar-refractivity contribution in [1.82, 2.24) is 10.7 Å². The Morgan fingerprint density at radius 2 is 1.71 bits per heavy atom. The zero-order chi connectivity index (χ0) is 23.0. The van der Waals surface area contributed by atoms with Gasteiger partial charge in [-0.1, -0.05) is 23.7 Å². The molecule has 2 aromatic rings. The fourth-order valence-corrected chi connectivity index (χ4v) is 2.62. The molecule has 162 valence electrons. The summed E-state index contributed by atoms with van der Waals surface area (Å²) in [5, 5.41) is 29.0. The summed E-state index contributed by atoms with van der Waals surface area (Å²) >= 11 is 5.80. The normalized spacial score (nSPS) is 11.0. The largest absolute Gasteiger partial charge is 0.352 e. The third-order valence-corrected chi connectivity index (χ3v) is 4.27. The molecule has 0 aliphatic heterocycles. The van der Waals surface area contributed by atoms with Crippen LogP contribution in [0.5, 0.6) is 0 Å². The van der Waals surface area contributed by atoms with Crippen LogP contribution in [0.4, 0.5) is 11.4 Å². The minimum atomic E-state index is -0.796. The molecular formula is C19H18ClN5O6. The Balaban J connectivity index is 1.89. The molecule has 0 bridgehead atoms. The molecule has 0 unspecified atom stereocenters. The zero-order valence-electron chi connectivity index (χ0n) is 16.3. The minimum Gasteiger partial charge on any atom is -0.352 e. The fraction of sp³-hybridized carbons (Fsp3) is 0.211. The topological polar surface area (TPSA) is 157 Å². The van der Waals surface area contributed by atoms with Gasteiger partial charge in [-0.2, -0.15) is 5.10 Å². The van der Waals surface area contributed by atoms with Gasteiger partial charge in [0.15, 0.2) is 0 Å². The highest BCUT2D eigenvalue weighted by molar-refractivity contribution is 6.30. The average Bonchev–Trinajstić information content (AvgIpc) is 2.71. The molecule has 0 saturated carbocycles. The predicted molar refractivity (Wildman–Crippen MR) is 113 cm³/mol. The van der Waals surface area contributed by atoms with E-state index in [0.29, 0.717) is 17.3 Å². The third kappa shape index (κ3) is 7.48. The molecule has 0 atom stereocenters. The highest BCUT2D eigenvalue weighted by atomic mass is 35.5. The number of amides is 2. The lowest BCUT2D eigenvalue weighted by Gasteiger charge is -2.06. The first-order valence-corrected chi connectivity index (χ1v) is 9.28. The van der Waals surface area contributed by atoms with Gasteiger partial charge in [-0.15, -0.1) is 0 Å². The molecule has 2 aromatic carbocycles. The summed E-state index contributed by atoms with van der Waals surface area (Å²) in [4.78, 5) is 44.3. The number of hydrazone groups is 1. The number of hydrogen-bond donors (Lipinski definition) is 2. The first-order chi connectivity index (χ1) is 14.7. The Labute approximate surface area is 181 Å². The second-order valence-electron chi connectivity index (χ2n) is 6.47. The van der Waals surface area contributed by atoms with Crippen LogP contribution in [0.15, 0.2) is 47.6 Å². The van der Waals surface area contributed by atoms with Crippen LogP contribution in [0.3, 0.4) is 0 Å². The standard InChI is InChI=1S/C19H18ClN5O6/c1-12(8-18(26)21-11-13-2-5-15(20)6-3-13)22-23-19(27)9-14-4-7-16(24(28)29)10-17(14)25(30)31/h2-7,10H,8-9,11H2,1H3,(H,21,26)(H,23,27)/b22-12-. The smallest absolute Gasteiger partial charge is 0.279 e. The molecule has 0 saturated heterocycles. The van der Waals surface area contributed by atoms with Crippen LogP contribution in [0.25, 0.3) is 0 Å². The van der Waals surface area contributed by atoms with Crippen molar-refractivity contribution in [2.75, 3.05) is 0 Å². The summed E-state index contributed by atoms with van der Waals surface area (Å²) in [6.45, 7) is 1.84. The van der Waals surface area contributed by atoms with Crippen molar-refractivity contribution in [3.05, 3.63) is 78.8 Å². The summed E-state index contributed by atoms with van der Waals surface area (Å²) in [6.07, 6.45) is -0.473. The number of benzene rings is 2. The van der Waals surface area contributed by atoms with Crippen LogP contribution in [0.2, 0.25) is 5.02 Å². The van der Waals surface area contributed by atoms with Gasteiger partial charge in [0, 0.05) is 28.9 Å². The van der Waals surface area contributed by atoms with E-state index < -0.39 is 33.5 Å². The SMILES string of the molecule is C/C(CC(=O)NCc1ccc(Cl)cc1)=N/NC(=O)Cc1ccc([N+](=O)[O-])cc1[N+](=O)[O-]. The summed E-state index contributed by atoms with van der Waals surface area (Å²) in [6, 6.07) is 10.00. The van der Waals surface area contributed by atoms with Gasteiger partial charge in [0.1, 0.15) is 0 Å². The first-order valence-electron chi connectivity index (χ1n) is 8.90. The minimum absolute atomic E-state index is 0.00154. The lowest BCUT2D eigenvalue weighted by Crippen LogP contribution is -2.26. The lowest BCUT2D eigenvalue weighted by atomic mass is 10.1. The predicted octanol–water partition coefficient (Wildman–Crippen LogP) is 2.90. The van der Waals surface area contributed by atoms with E-state index in [4.69, 9.17) is 11.6 Å². The Bertz CT molecular complexity index is 1040. The van der Waals surface area contributed by atoms with Gasteiger partial charge in [0.2, 0.25) is 11.8 Å². The van der Waals surface area contributed by atoms with Gasteiger partial charge >= 0.3 is 0 Å². The van der Waals surface area contributed by atoms with Crippen molar-refractivity contribution in [3.63, 3.8) is 0 Å². The van der Waals surface area contributed by atoms with Crippen molar-refractivity contribution in [2.24, 2.45) is 5.10 Å². The van der Waals surface area contributed by atoms with Crippen molar-refractivity contribution in [2.45, 2.75) is 26.3 Å². The number of non-ortho nitro benzene ring substituents is 1. The van der Waals surface area contributed by atoms with Crippen molar-refractivity contribution < 1.29 is 19.4 Å². The maximum absolute atomic E-state index is 12.0. The molecule has 0 aliphatic carbocycles. The fourth-order valence-electron chi connectivity index (χ4n) is 2.49. The van der Waals surface area contributed by atoms with Crippen LogP contribution in [-0.4, -0.2) is 27.4 Å². The molecule has 31 heavy (non-hydrogen) atoms. The maximum atomic E-state index is 12.0. The van der Waals surface area contributed by atoms with E-state index in [2.05, 4.69) is 15.8 Å². The summed E-state index contributed by atoms with van der Waals surface area (Å²) in [5.74, 6) is -0.977. The van der Waals surface area contributed by atoms with E-state index in [1.54, 1.807) is 24.3 Å². The van der Waals surface area contributed by atoms with Crippen LogP contribution < -0.4 is 10.7 Å². The van der Waals surface area contributed by atoms with Crippen LogP contribution in [0, 0.1) is 20.2 Å². The molecule has 0 aliphatic rings. The van der Waals surface area contributed by atoms with E-state index >= 15 is 0 Å². The third-order valence-electron chi connectivity index (χ3n) is 4.02. The summed E-state index contributed by atoms with van der Waals surface area (Å²) < 4.78 is 0. The Morgan fingerprint density at radius 1 is 1.03 bits per heavy atom. The number of nitro benzene ring substituents is 2. The number of nitrogens with one attached hydrogen (secondary N) is 2. The highest BCUT2D eigenvalue weighted by Gasteiger charge is 2.21. The number of carbonyl (C=O) groups excluding carboxylic acids is 2. The molecule has 0 fully saturated rings. The van der Waals surface area contributed by atoms with Gasteiger partial charge in [-0.3, -0.25) is 29.8 Å². The van der Waals surface area contributed by atoms with Crippen LogP contribution >= 0.6 is 11.6 Å². The van der Waals surface area contributed by atoms with E-state index in [9.17, 15) is 29.8 Å². The Morgan fingerprint density at radius 3 is 2.32 bits per heavy atom. The molecule has 0 aromatic heterocycles. The van der Waals surface area contributed by atoms with Crippen LogP contribution in [0.1, 0.15) is 24.5 Å². The average molecular weight is 448 g/mol. The second-order valence-corrected chi connectivity index (χ2v) is 6.90. The molecular weight excluding hydrogens is 430 g/mol. The van der Waals surface area contributed by atoms with Gasteiger partial charge in [-0.25, -0.2) is 5.43 Å². The summed E-state index contributed by atoms with van der Waals surface area (Å²) in [7, 11) is 0. The Kier molecular flexibility index (Phi) is 8.15. The molecule has 0 radical (unpaired) electrons. The molecule has 11 nitrogen and oxygen atoms in total. The van der Waals surface area contributed by atoms with E-state index in [1.165, 1.54) is 6.92 Å². The number of carbonyl (C=O) groups is 2. The molecule has 0 heterocycles. The van der Waals surface area contributed by atoms with Crippen molar-refractivity contribution in [3.8, 4) is 0 Å². The molecule has 2 rings (SSSR count). The molecule has 2 amide bonds. The van der Waals surface area contributed by atoms with Crippen molar-refractivity contribution in [1.29, 1.82) is 0 Å². The lowest BCUT2D eigenvalue weighted by molar-refractivity contribution is -0.394.